The van der Waals surface area contributed by atoms with Crippen LogP contribution < -0.4 is 0 Å². The van der Waals surface area contributed by atoms with Gasteiger partial charge in [0, 0.05) is 5.56 Å². The zero-order valence-corrected chi connectivity index (χ0v) is 9.84. The molecule has 116 valence electrons. The molecular weight excluding hydrogens is 309 g/mol. The van der Waals surface area contributed by atoms with Crippen LogP contribution in [0.3, 0.4) is 0 Å². The molecule has 1 rings (SSSR count). The van der Waals surface area contributed by atoms with Gasteiger partial charge in [0.2, 0.25) is 0 Å². The van der Waals surface area contributed by atoms with Crippen LogP contribution in [0.2, 0.25) is 0 Å². The third kappa shape index (κ3) is 3.01. The molecule has 0 aliphatic carbocycles. The zero-order chi connectivity index (χ0) is 16.3. The van der Waals surface area contributed by atoms with Crippen molar-refractivity contribution in [2.45, 2.75) is 18.0 Å². The summed E-state index contributed by atoms with van der Waals surface area (Å²) in [7, 11) is 0. The molecule has 0 aliphatic heterocycles. The van der Waals surface area contributed by atoms with Crippen LogP contribution >= 0.6 is 0 Å². The van der Waals surface area contributed by atoms with Gasteiger partial charge < -0.3 is 0 Å². The maximum absolute atomic E-state index is 14.4. The molecule has 0 bridgehead atoms. The maximum atomic E-state index is 14.4. The molecule has 1 aromatic carbocycles. The van der Waals surface area contributed by atoms with E-state index in [0.717, 1.165) is 12.1 Å². The minimum Gasteiger partial charge on any atom is -0.256 e. The first-order chi connectivity index (χ1) is 9.64. The number of alkyl halides is 5. The van der Waals surface area contributed by atoms with Crippen LogP contribution in [0.15, 0.2) is 30.3 Å². The molecule has 0 aliphatic rings. The molecule has 0 fully saturated rings. The van der Waals surface area contributed by atoms with Gasteiger partial charge in [-0.25, -0.2) is 18.0 Å². The van der Waals surface area contributed by atoms with Crippen LogP contribution in [0.25, 0.3) is 0 Å². The van der Waals surface area contributed by atoms with Gasteiger partial charge in [0.25, 0.3) is 0 Å². The molecule has 11 heteroatoms. The Hall–Kier alpha value is -2.46. The van der Waals surface area contributed by atoms with Gasteiger partial charge in [0.1, 0.15) is 0 Å². The number of halogens is 5. The van der Waals surface area contributed by atoms with Crippen LogP contribution in [-0.2, 0) is 20.3 Å². The Morgan fingerprint density at radius 2 is 1.71 bits per heavy atom. The summed E-state index contributed by atoms with van der Waals surface area (Å²) in [6.45, 7) is 0. The predicted molar refractivity (Wildman–Crippen MR) is 54.4 cm³/mol. The van der Waals surface area contributed by atoms with Crippen molar-refractivity contribution >= 4 is 5.97 Å². The van der Waals surface area contributed by atoms with Gasteiger partial charge in [0.15, 0.2) is 0 Å². The zero-order valence-electron chi connectivity index (χ0n) is 9.84. The van der Waals surface area contributed by atoms with Crippen LogP contribution in [-0.4, -0.2) is 23.4 Å². The average molecular weight is 315 g/mol. The lowest BCUT2D eigenvalue weighted by atomic mass is 9.89. The molecule has 21 heavy (non-hydrogen) atoms. The van der Waals surface area contributed by atoms with Crippen molar-refractivity contribution in [2.75, 3.05) is 0 Å². The lowest BCUT2D eigenvalue weighted by Crippen LogP contribution is -2.53. The molecule has 6 nitrogen and oxygen atoms in total. The Morgan fingerprint density at radius 3 is 2.14 bits per heavy atom. The highest BCUT2D eigenvalue weighted by atomic mass is 19.3. The summed E-state index contributed by atoms with van der Waals surface area (Å²) in [6.07, 6.45) is -4.58. The molecular formula is C10H6F5NO5. The number of hydrogen-bond acceptors (Lipinski definition) is 5. The lowest BCUT2D eigenvalue weighted by molar-refractivity contribution is -0.840. The number of carbonyl (C=O) groups excluding carboxylic acids is 1. The van der Waals surface area contributed by atoms with Gasteiger partial charge in [-0.05, 0) is 0 Å². The van der Waals surface area contributed by atoms with Gasteiger partial charge in [0.05, 0.1) is 0 Å². The number of carbonyl (C=O) groups is 1. The summed E-state index contributed by atoms with van der Waals surface area (Å²) < 4.78 is 66.0. The van der Waals surface area contributed by atoms with E-state index in [0.29, 0.717) is 12.1 Å². The van der Waals surface area contributed by atoms with Gasteiger partial charge in [-0.1, -0.05) is 35.3 Å². The Morgan fingerprint density at radius 1 is 1.19 bits per heavy atom. The molecule has 0 saturated carbocycles. The normalized spacial score (nSPS) is 14.4. The monoisotopic (exact) mass is 315 g/mol. The summed E-state index contributed by atoms with van der Waals surface area (Å²) in [4.78, 5) is 27.3. The molecule has 1 unspecified atom stereocenters. The van der Waals surface area contributed by atoms with E-state index < -0.39 is 34.6 Å². The number of nitrogens with zero attached hydrogens (tertiary/aromatic N) is 1. The fourth-order valence-electron chi connectivity index (χ4n) is 1.39. The molecule has 0 N–H and O–H groups in total. The largest absolute Gasteiger partial charge is 0.391 e. The molecule has 1 aromatic rings. The van der Waals surface area contributed by atoms with Crippen LogP contribution in [0.4, 0.5) is 22.0 Å². The second kappa shape index (κ2) is 5.89. The third-order valence-electron chi connectivity index (χ3n) is 2.36. The topological polar surface area (TPSA) is 78.7 Å². The average Bonchev–Trinajstić information content (AvgIpc) is 2.44. The van der Waals surface area contributed by atoms with Crippen LogP contribution in [0, 0.1) is 10.1 Å². The number of rotatable bonds is 6. The highest BCUT2D eigenvalue weighted by molar-refractivity contribution is 5.82. The molecule has 0 saturated heterocycles. The van der Waals surface area contributed by atoms with Gasteiger partial charge in [-0.3, -0.25) is 4.89 Å². The fourth-order valence-corrected chi connectivity index (χ4v) is 1.39. The SMILES string of the molecule is O=C(OO[N+](=O)[O-])C(F)(c1ccccc1)C(F)(F)C(F)F. The summed E-state index contributed by atoms with van der Waals surface area (Å²) in [5.74, 6) is -8.19. The van der Waals surface area contributed by atoms with Crippen molar-refractivity contribution in [1.29, 1.82) is 0 Å². The van der Waals surface area contributed by atoms with Gasteiger partial charge in [-0.15, -0.1) is 10.1 Å². The van der Waals surface area contributed by atoms with Crippen molar-refractivity contribution in [2.24, 2.45) is 0 Å². The van der Waals surface area contributed by atoms with E-state index in [1.165, 1.54) is 6.07 Å². The Bertz CT molecular complexity index is 526. The van der Waals surface area contributed by atoms with Crippen molar-refractivity contribution in [3.05, 3.63) is 46.0 Å². The minimum absolute atomic E-state index is 0.615. The molecule has 0 radical (unpaired) electrons. The first-order valence-electron chi connectivity index (χ1n) is 5.08. The second-order valence-corrected chi connectivity index (χ2v) is 3.62. The van der Waals surface area contributed by atoms with E-state index in [1.54, 1.807) is 0 Å². The molecule has 0 heterocycles. The maximum Gasteiger partial charge on any atom is 0.391 e. The van der Waals surface area contributed by atoms with E-state index in [9.17, 15) is 36.9 Å². The van der Waals surface area contributed by atoms with E-state index >= 15 is 0 Å². The Balaban J connectivity index is 3.30. The number of hydrogen-bond donors (Lipinski definition) is 0. The summed E-state index contributed by atoms with van der Waals surface area (Å²) in [5.41, 5.74) is -5.84. The van der Waals surface area contributed by atoms with Crippen molar-refractivity contribution in [3.8, 4) is 0 Å². The van der Waals surface area contributed by atoms with Crippen molar-refractivity contribution < 1.29 is 41.7 Å². The van der Waals surface area contributed by atoms with Crippen molar-refractivity contribution in [1.82, 2.24) is 0 Å². The first-order valence-corrected chi connectivity index (χ1v) is 5.08. The molecule has 1 atom stereocenters. The van der Waals surface area contributed by atoms with E-state index in [-0.39, 0.29) is 0 Å². The quantitative estimate of drug-likeness (QED) is 0.349. The standard InChI is InChI=1S/C10H6F5NO5/c11-7(12)10(14,15)9(13,6-4-2-1-3-5-6)8(17)20-21-16(18)19/h1-5,7H. The van der Waals surface area contributed by atoms with Gasteiger partial charge >= 0.3 is 29.1 Å². The fraction of sp³-hybridized carbons (Fsp3) is 0.300. The second-order valence-electron chi connectivity index (χ2n) is 3.62. The van der Waals surface area contributed by atoms with Crippen LogP contribution in [0.1, 0.15) is 5.56 Å². The van der Waals surface area contributed by atoms with Gasteiger partial charge in [-0.2, -0.15) is 8.78 Å². The minimum atomic E-state index is -5.51. The Kier molecular flexibility index (Phi) is 4.66. The summed E-state index contributed by atoms with van der Waals surface area (Å²) >= 11 is 0. The van der Waals surface area contributed by atoms with Crippen molar-refractivity contribution in [3.63, 3.8) is 0 Å². The van der Waals surface area contributed by atoms with Crippen LogP contribution in [0.5, 0.6) is 0 Å². The molecule has 0 spiro atoms. The third-order valence-corrected chi connectivity index (χ3v) is 2.36. The van der Waals surface area contributed by atoms with E-state index in [4.69, 9.17) is 0 Å². The predicted octanol–water partition coefficient (Wildman–Crippen LogP) is 2.42. The summed E-state index contributed by atoms with van der Waals surface area (Å²) in [5, 5.41) is 8.05. The number of benzene rings is 1. The highest BCUT2D eigenvalue weighted by Gasteiger charge is 2.68. The first kappa shape index (κ1) is 16.6. The smallest absolute Gasteiger partial charge is 0.256 e. The van der Waals surface area contributed by atoms with E-state index in [2.05, 4.69) is 9.88 Å². The van der Waals surface area contributed by atoms with E-state index in [1.807, 2.05) is 0 Å². The lowest BCUT2D eigenvalue weighted by Gasteiger charge is -2.30. The highest BCUT2D eigenvalue weighted by Crippen LogP contribution is 2.46. The molecule has 0 amide bonds. The molecule has 0 aromatic heterocycles. The Labute approximate surface area is 113 Å². The summed E-state index contributed by atoms with van der Waals surface area (Å²) in [6, 6.07) is 4.45.